The highest BCUT2D eigenvalue weighted by molar-refractivity contribution is 7.16. The molecule has 0 radical (unpaired) electrons. The number of esters is 1. The van der Waals surface area contributed by atoms with Gasteiger partial charge in [0.2, 0.25) is 5.91 Å². The Balaban J connectivity index is 1.61. The number of nitriles is 1. The first-order valence-electron chi connectivity index (χ1n) is 10.3. The first kappa shape index (κ1) is 23.3. The number of carbonyl (C=O) groups is 3. The molecule has 1 aromatic carbocycles. The van der Waals surface area contributed by atoms with Gasteiger partial charge in [0, 0.05) is 24.8 Å². The van der Waals surface area contributed by atoms with Crippen LogP contribution in [0.1, 0.15) is 47.8 Å². The van der Waals surface area contributed by atoms with E-state index < -0.39 is 12.1 Å². The Labute approximate surface area is 190 Å². The van der Waals surface area contributed by atoms with Crippen molar-refractivity contribution in [1.82, 2.24) is 4.90 Å². The molecule has 0 unspecified atom stereocenters. The average molecular weight is 456 g/mol. The summed E-state index contributed by atoms with van der Waals surface area (Å²) in [6.07, 6.45) is 0.305. The minimum atomic E-state index is -0.503. The number of ether oxygens (including phenoxy) is 2. The van der Waals surface area contributed by atoms with Gasteiger partial charge in [-0.2, -0.15) is 5.26 Å². The second-order valence-corrected chi connectivity index (χ2v) is 8.61. The van der Waals surface area contributed by atoms with Gasteiger partial charge < -0.3 is 19.7 Å². The molecule has 9 heteroatoms. The van der Waals surface area contributed by atoms with Gasteiger partial charge in [-0.1, -0.05) is 37.3 Å². The van der Waals surface area contributed by atoms with Crippen LogP contribution < -0.4 is 5.32 Å². The summed E-state index contributed by atoms with van der Waals surface area (Å²) < 4.78 is 9.89. The molecule has 1 aliphatic heterocycles. The molecule has 0 saturated carbocycles. The van der Waals surface area contributed by atoms with Gasteiger partial charge in [0.05, 0.1) is 12.1 Å². The summed E-state index contributed by atoms with van der Waals surface area (Å²) in [6.45, 7) is 3.98. The number of hydrogen-bond donors (Lipinski definition) is 1. The quantitative estimate of drug-likeness (QED) is 0.502. The van der Waals surface area contributed by atoms with Crippen LogP contribution in [0.3, 0.4) is 0 Å². The van der Waals surface area contributed by atoms with Crippen LogP contribution in [-0.4, -0.2) is 42.6 Å². The maximum absolute atomic E-state index is 12.6. The number of anilines is 1. The zero-order valence-corrected chi connectivity index (χ0v) is 18.9. The number of carbonyl (C=O) groups excluding carboxylic acids is 3. The van der Waals surface area contributed by atoms with Crippen molar-refractivity contribution >= 4 is 34.3 Å². The van der Waals surface area contributed by atoms with E-state index in [4.69, 9.17) is 9.47 Å². The number of rotatable bonds is 7. The number of nitrogens with one attached hydrogen (secondary N) is 1. The molecule has 1 N–H and O–H groups in total. The molecule has 1 aromatic heterocycles. The van der Waals surface area contributed by atoms with Crippen molar-refractivity contribution in [1.29, 1.82) is 5.26 Å². The first-order valence-corrected chi connectivity index (χ1v) is 11.1. The van der Waals surface area contributed by atoms with Crippen molar-refractivity contribution in [3.8, 4) is 6.07 Å². The van der Waals surface area contributed by atoms with E-state index >= 15 is 0 Å². The molecule has 2 amide bonds. The number of thiophene rings is 1. The molecule has 0 spiro atoms. The average Bonchev–Trinajstić information content (AvgIpc) is 3.12. The summed E-state index contributed by atoms with van der Waals surface area (Å²) >= 11 is 1.32. The van der Waals surface area contributed by atoms with E-state index in [0.717, 1.165) is 16.0 Å². The Hall–Kier alpha value is -3.38. The van der Waals surface area contributed by atoms with Crippen LogP contribution in [0, 0.1) is 11.3 Å². The maximum atomic E-state index is 12.6. The van der Waals surface area contributed by atoms with Crippen LogP contribution in [0.2, 0.25) is 0 Å². The first-order chi connectivity index (χ1) is 15.4. The van der Waals surface area contributed by atoms with E-state index in [1.165, 1.54) is 23.2 Å². The van der Waals surface area contributed by atoms with Crippen LogP contribution in [0.15, 0.2) is 30.3 Å². The molecule has 0 saturated heterocycles. The van der Waals surface area contributed by atoms with E-state index in [9.17, 15) is 19.6 Å². The lowest BCUT2D eigenvalue weighted by Crippen LogP contribution is -2.36. The molecule has 1 atom stereocenters. The zero-order valence-electron chi connectivity index (χ0n) is 18.1. The molecule has 0 bridgehead atoms. The van der Waals surface area contributed by atoms with Gasteiger partial charge >= 0.3 is 12.1 Å². The summed E-state index contributed by atoms with van der Waals surface area (Å²) in [5.41, 5.74) is 2.41. The van der Waals surface area contributed by atoms with Crippen LogP contribution >= 0.6 is 11.3 Å². The molecule has 0 fully saturated rings. The smallest absolute Gasteiger partial charge is 0.410 e. The van der Waals surface area contributed by atoms with E-state index in [-0.39, 0.29) is 25.0 Å². The van der Waals surface area contributed by atoms with Gasteiger partial charge in [-0.3, -0.25) is 9.59 Å². The summed E-state index contributed by atoms with van der Waals surface area (Å²) in [6, 6.07) is 12.0. The van der Waals surface area contributed by atoms with Crippen molar-refractivity contribution in [3.63, 3.8) is 0 Å². The van der Waals surface area contributed by atoms with Gasteiger partial charge in [0.1, 0.15) is 24.3 Å². The Morgan fingerprint density at radius 2 is 1.94 bits per heavy atom. The van der Waals surface area contributed by atoms with Gasteiger partial charge in [-0.05, 0) is 23.5 Å². The molecule has 2 heterocycles. The monoisotopic (exact) mass is 455 g/mol. The third-order valence-corrected chi connectivity index (χ3v) is 6.29. The van der Waals surface area contributed by atoms with Gasteiger partial charge in [0.25, 0.3) is 0 Å². The van der Waals surface area contributed by atoms with E-state index in [1.54, 1.807) is 0 Å². The highest BCUT2D eigenvalue weighted by atomic mass is 32.1. The highest BCUT2D eigenvalue weighted by Crippen LogP contribution is 2.37. The van der Waals surface area contributed by atoms with Gasteiger partial charge in [-0.25, -0.2) is 4.79 Å². The minimum Gasteiger partial charge on any atom is -0.462 e. The van der Waals surface area contributed by atoms with E-state index in [1.807, 2.05) is 37.3 Å². The van der Waals surface area contributed by atoms with Crippen molar-refractivity contribution in [2.45, 2.75) is 39.2 Å². The standard InChI is InChI=1S/C23H25N3O5S/c1-15(17-6-4-3-5-7-17)12-21(28)25-22-19(13-24)18-8-9-26(14-20(18)32-22)23(29)31-11-10-30-16(2)27/h3-7,15H,8-12,14H2,1-2H3,(H,25,28)/t15-/m0/s1. The third-order valence-electron chi connectivity index (χ3n) is 5.15. The normalized spacial score (nSPS) is 13.5. The number of fused-ring (bicyclic) bond motifs is 1. The fourth-order valence-corrected chi connectivity index (χ4v) is 4.76. The molecule has 1 aliphatic rings. The minimum absolute atomic E-state index is 0.00926. The Morgan fingerprint density at radius 3 is 2.62 bits per heavy atom. The lowest BCUT2D eigenvalue weighted by Gasteiger charge is -2.26. The van der Waals surface area contributed by atoms with Crippen LogP contribution in [0.5, 0.6) is 0 Å². The highest BCUT2D eigenvalue weighted by Gasteiger charge is 2.28. The van der Waals surface area contributed by atoms with Crippen molar-refractivity contribution in [3.05, 3.63) is 51.9 Å². The molecule has 3 rings (SSSR count). The molecular weight excluding hydrogens is 430 g/mol. The number of amides is 2. The van der Waals surface area contributed by atoms with E-state index in [0.29, 0.717) is 36.5 Å². The molecule has 0 aliphatic carbocycles. The van der Waals surface area contributed by atoms with E-state index in [2.05, 4.69) is 11.4 Å². The summed E-state index contributed by atoms with van der Waals surface area (Å²) in [4.78, 5) is 38.1. The second-order valence-electron chi connectivity index (χ2n) is 7.51. The maximum Gasteiger partial charge on any atom is 0.410 e. The third kappa shape index (κ3) is 5.86. The van der Waals surface area contributed by atoms with Crippen LogP contribution in [0.25, 0.3) is 0 Å². The summed E-state index contributed by atoms with van der Waals surface area (Å²) in [5.74, 6) is -0.536. The Kier molecular flexibility index (Phi) is 7.84. The van der Waals surface area contributed by atoms with Gasteiger partial charge in [0.15, 0.2) is 0 Å². The van der Waals surface area contributed by atoms with Crippen molar-refractivity contribution in [2.24, 2.45) is 0 Å². The predicted molar refractivity (Wildman–Crippen MR) is 119 cm³/mol. The lowest BCUT2D eigenvalue weighted by molar-refractivity contribution is -0.142. The second kappa shape index (κ2) is 10.8. The Morgan fingerprint density at radius 1 is 1.22 bits per heavy atom. The molecule has 32 heavy (non-hydrogen) atoms. The number of nitrogens with zero attached hydrogens (tertiary/aromatic N) is 2. The fourth-order valence-electron chi connectivity index (χ4n) is 3.53. The summed E-state index contributed by atoms with van der Waals surface area (Å²) in [5, 5.41) is 13.1. The van der Waals surface area contributed by atoms with Crippen LogP contribution in [0.4, 0.5) is 9.80 Å². The molecule has 2 aromatic rings. The number of benzene rings is 1. The SMILES string of the molecule is CC(=O)OCCOC(=O)N1CCc2c(sc(NC(=O)C[C@H](C)c3ccccc3)c2C#N)C1. The van der Waals surface area contributed by atoms with Crippen molar-refractivity contribution < 1.29 is 23.9 Å². The zero-order chi connectivity index (χ0) is 23.1. The lowest BCUT2D eigenvalue weighted by atomic mass is 9.97. The predicted octanol–water partition coefficient (Wildman–Crippen LogP) is 3.81. The topological polar surface area (TPSA) is 109 Å². The Bertz CT molecular complexity index is 1030. The fraction of sp³-hybridized carbons (Fsp3) is 0.391. The van der Waals surface area contributed by atoms with Gasteiger partial charge in [-0.15, -0.1) is 11.3 Å². The largest absolute Gasteiger partial charge is 0.462 e. The summed E-state index contributed by atoms with van der Waals surface area (Å²) in [7, 11) is 0. The van der Waals surface area contributed by atoms with Crippen molar-refractivity contribution in [2.75, 3.05) is 25.1 Å². The molecule has 8 nitrogen and oxygen atoms in total. The number of hydrogen-bond acceptors (Lipinski definition) is 7. The van der Waals surface area contributed by atoms with Crippen LogP contribution in [-0.2, 0) is 32.0 Å². The molecular formula is C23H25N3O5S. The molecule has 168 valence electrons.